The minimum Gasteiger partial charge on any atom is -0.484 e. The summed E-state index contributed by atoms with van der Waals surface area (Å²) in [6, 6.07) is 13.3. The minimum atomic E-state index is -4.37. The highest BCUT2D eigenvalue weighted by Crippen LogP contribution is 2.19. The Balaban J connectivity index is 0.00000480. The fraction of sp³-hybridized carbons (Fsp3) is 0.333. The third-order valence-corrected chi connectivity index (χ3v) is 3.92. The van der Waals surface area contributed by atoms with Crippen molar-refractivity contribution in [3.05, 3.63) is 65.2 Å². The molecule has 0 heterocycles. The number of methoxy groups -OCH3 is 1. The molecule has 31 heavy (non-hydrogen) atoms. The molecule has 10 heteroatoms. The number of hydrogen-bond donors (Lipinski definition) is 2. The van der Waals surface area contributed by atoms with Crippen LogP contribution in [0.1, 0.15) is 28.4 Å². The Morgan fingerprint density at radius 1 is 1.00 bits per heavy atom. The van der Waals surface area contributed by atoms with E-state index in [1.54, 1.807) is 24.3 Å². The number of guanidine groups is 1. The predicted octanol–water partition coefficient (Wildman–Crippen LogP) is 4.29. The molecule has 0 amide bonds. The molecular weight excluding hydrogens is 526 g/mol. The second-order valence-corrected chi connectivity index (χ2v) is 6.29. The smallest absolute Gasteiger partial charge is 0.422 e. The van der Waals surface area contributed by atoms with Gasteiger partial charge >= 0.3 is 12.1 Å². The molecule has 2 aromatic carbocycles. The number of esters is 1. The van der Waals surface area contributed by atoms with Crippen LogP contribution in [0.3, 0.4) is 0 Å². The molecule has 0 aromatic heterocycles. The maximum atomic E-state index is 12.2. The fourth-order valence-electron chi connectivity index (χ4n) is 2.43. The van der Waals surface area contributed by atoms with Crippen molar-refractivity contribution in [2.45, 2.75) is 26.2 Å². The van der Waals surface area contributed by atoms with Crippen molar-refractivity contribution in [1.29, 1.82) is 0 Å². The highest BCUT2D eigenvalue weighted by molar-refractivity contribution is 14.0. The lowest BCUT2D eigenvalue weighted by atomic mass is 10.1. The van der Waals surface area contributed by atoms with E-state index in [1.165, 1.54) is 19.2 Å². The molecule has 0 atom stereocenters. The Kier molecular flexibility index (Phi) is 11.2. The van der Waals surface area contributed by atoms with Gasteiger partial charge in [-0.3, -0.25) is 0 Å². The molecule has 0 saturated carbocycles. The van der Waals surface area contributed by atoms with E-state index < -0.39 is 12.8 Å². The van der Waals surface area contributed by atoms with Gasteiger partial charge in [-0.15, -0.1) is 24.0 Å². The van der Waals surface area contributed by atoms with Gasteiger partial charge in [-0.25, -0.2) is 9.79 Å². The first-order valence-corrected chi connectivity index (χ1v) is 9.28. The van der Waals surface area contributed by atoms with Gasteiger partial charge in [0.1, 0.15) is 5.75 Å². The second kappa shape index (κ2) is 13.0. The average molecular weight is 551 g/mol. The minimum absolute atomic E-state index is 0. The van der Waals surface area contributed by atoms with Crippen LogP contribution in [0.4, 0.5) is 13.2 Å². The molecule has 0 spiro atoms. The van der Waals surface area contributed by atoms with Crippen molar-refractivity contribution in [1.82, 2.24) is 10.6 Å². The standard InChI is InChI=1S/C21H24F3N3O3.HI/c1-3-25-20(26-12-15-4-8-17(9-5-15)19(28)29-2)27-13-16-6-10-18(11-7-16)30-14-21(22,23)24;/h4-11H,3,12-14H2,1-2H3,(H2,25,26,27);1H. The lowest BCUT2D eigenvalue weighted by Crippen LogP contribution is -2.36. The van der Waals surface area contributed by atoms with E-state index in [4.69, 9.17) is 4.74 Å². The number of aliphatic imine (C=N–C) groups is 1. The van der Waals surface area contributed by atoms with E-state index in [0.29, 0.717) is 31.2 Å². The van der Waals surface area contributed by atoms with Gasteiger partial charge in [0.15, 0.2) is 12.6 Å². The highest BCUT2D eigenvalue weighted by atomic mass is 127. The number of nitrogens with one attached hydrogen (secondary N) is 2. The van der Waals surface area contributed by atoms with E-state index in [9.17, 15) is 18.0 Å². The largest absolute Gasteiger partial charge is 0.484 e. The number of benzene rings is 2. The molecule has 0 aliphatic carbocycles. The summed E-state index contributed by atoms with van der Waals surface area (Å²) in [5.41, 5.74) is 2.26. The number of nitrogens with zero attached hydrogens (tertiary/aromatic N) is 1. The zero-order valence-corrected chi connectivity index (χ0v) is 19.5. The SMILES string of the molecule is CCNC(=NCc1ccc(OCC(F)(F)F)cc1)NCc1ccc(C(=O)OC)cc1.I. The summed E-state index contributed by atoms with van der Waals surface area (Å²) in [5, 5.41) is 6.32. The zero-order valence-electron chi connectivity index (χ0n) is 17.2. The van der Waals surface area contributed by atoms with Gasteiger partial charge in [0, 0.05) is 13.1 Å². The van der Waals surface area contributed by atoms with Crippen LogP contribution in [0.25, 0.3) is 0 Å². The number of rotatable bonds is 8. The average Bonchev–Trinajstić information content (AvgIpc) is 2.74. The van der Waals surface area contributed by atoms with Gasteiger partial charge in [0.25, 0.3) is 0 Å². The van der Waals surface area contributed by atoms with Gasteiger partial charge in [-0.2, -0.15) is 13.2 Å². The molecule has 2 aromatic rings. The summed E-state index contributed by atoms with van der Waals surface area (Å²) in [7, 11) is 1.33. The molecule has 0 bridgehead atoms. The van der Waals surface area contributed by atoms with Gasteiger partial charge < -0.3 is 20.1 Å². The molecule has 0 fully saturated rings. The predicted molar refractivity (Wildman–Crippen MR) is 123 cm³/mol. The molecule has 170 valence electrons. The van der Waals surface area contributed by atoms with Crippen LogP contribution < -0.4 is 15.4 Å². The van der Waals surface area contributed by atoms with Crippen molar-refractivity contribution >= 4 is 35.9 Å². The highest BCUT2D eigenvalue weighted by Gasteiger charge is 2.28. The number of ether oxygens (including phenoxy) is 2. The summed E-state index contributed by atoms with van der Waals surface area (Å²) < 4.78 is 45.9. The Morgan fingerprint density at radius 2 is 1.61 bits per heavy atom. The van der Waals surface area contributed by atoms with E-state index in [-0.39, 0.29) is 35.7 Å². The van der Waals surface area contributed by atoms with Crippen molar-refractivity contribution in [3.63, 3.8) is 0 Å². The first kappa shape index (κ1) is 26.5. The Hall–Kier alpha value is -2.50. The molecule has 0 radical (unpaired) electrons. The molecule has 0 aliphatic heterocycles. The van der Waals surface area contributed by atoms with Crippen LogP contribution >= 0.6 is 24.0 Å². The first-order valence-electron chi connectivity index (χ1n) is 9.28. The number of carbonyl (C=O) groups excluding carboxylic acids is 1. The molecule has 2 rings (SSSR count). The van der Waals surface area contributed by atoms with Gasteiger partial charge in [-0.1, -0.05) is 24.3 Å². The van der Waals surface area contributed by atoms with E-state index in [0.717, 1.165) is 11.1 Å². The van der Waals surface area contributed by atoms with Crippen LogP contribution in [0, 0.1) is 0 Å². The number of halogens is 4. The molecule has 0 saturated heterocycles. The van der Waals surface area contributed by atoms with E-state index in [2.05, 4.69) is 20.4 Å². The van der Waals surface area contributed by atoms with Gasteiger partial charge in [0.05, 0.1) is 19.2 Å². The van der Waals surface area contributed by atoms with Crippen molar-refractivity contribution in [2.24, 2.45) is 4.99 Å². The molecular formula is C21H25F3IN3O3. The Morgan fingerprint density at radius 3 is 2.16 bits per heavy atom. The monoisotopic (exact) mass is 551 g/mol. The maximum absolute atomic E-state index is 12.2. The first-order chi connectivity index (χ1) is 14.3. The van der Waals surface area contributed by atoms with Gasteiger partial charge in [-0.05, 0) is 42.3 Å². The normalized spacial score (nSPS) is 11.3. The van der Waals surface area contributed by atoms with Crippen LogP contribution in [0.15, 0.2) is 53.5 Å². The summed E-state index contributed by atoms with van der Waals surface area (Å²) in [5.74, 6) is 0.353. The van der Waals surface area contributed by atoms with Crippen LogP contribution in [0.5, 0.6) is 5.75 Å². The van der Waals surface area contributed by atoms with Crippen LogP contribution in [-0.4, -0.2) is 38.4 Å². The molecule has 0 unspecified atom stereocenters. The third-order valence-electron chi connectivity index (χ3n) is 3.92. The van der Waals surface area contributed by atoms with Crippen molar-refractivity contribution in [2.75, 3.05) is 20.3 Å². The Labute approximate surface area is 196 Å². The summed E-state index contributed by atoms with van der Waals surface area (Å²) in [4.78, 5) is 15.9. The van der Waals surface area contributed by atoms with Crippen molar-refractivity contribution in [3.8, 4) is 5.75 Å². The molecule has 6 nitrogen and oxygen atoms in total. The Bertz CT molecular complexity index is 842. The molecule has 0 aliphatic rings. The van der Waals surface area contributed by atoms with E-state index in [1.807, 2.05) is 19.1 Å². The lowest BCUT2D eigenvalue weighted by molar-refractivity contribution is -0.153. The molecule has 2 N–H and O–H groups in total. The zero-order chi connectivity index (χ0) is 22.0. The summed E-state index contributed by atoms with van der Waals surface area (Å²) in [6.45, 7) is 2.12. The van der Waals surface area contributed by atoms with Crippen LogP contribution in [-0.2, 0) is 17.8 Å². The number of carbonyl (C=O) groups is 1. The summed E-state index contributed by atoms with van der Waals surface area (Å²) >= 11 is 0. The van der Waals surface area contributed by atoms with Gasteiger partial charge in [0.2, 0.25) is 0 Å². The number of alkyl halides is 3. The quantitative estimate of drug-likeness (QED) is 0.222. The maximum Gasteiger partial charge on any atom is 0.422 e. The number of hydrogen-bond acceptors (Lipinski definition) is 4. The van der Waals surface area contributed by atoms with Crippen molar-refractivity contribution < 1.29 is 27.4 Å². The van der Waals surface area contributed by atoms with Crippen LogP contribution in [0.2, 0.25) is 0 Å². The topological polar surface area (TPSA) is 72.0 Å². The summed E-state index contributed by atoms with van der Waals surface area (Å²) in [6.07, 6.45) is -4.37. The fourth-order valence-corrected chi connectivity index (χ4v) is 2.43. The van der Waals surface area contributed by atoms with E-state index >= 15 is 0 Å². The third kappa shape index (κ3) is 9.90. The lowest BCUT2D eigenvalue weighted by Gasteiger charge is -2.12. The second-order valence-electron chi connectivity index (χ2n) is 6.29.